The fourth-order valence-electron chi connectivity index (χ4n) is 2.51. The number of hydrogen-bond donors (Lipinski definition) is 3. The highest BCUT2D eigenvalue weighted by molar-refractivity contribution is 5.99. The number of hydrogen-bond acceptors (Lipinski definition) is 6. The van der Waals surface area contributed by atoms with Gasteiger partial charge in [0.25, 0.3) is 11.5 Å². The summed E-state index contributed by atoms with van der Waals surface area (Å²) in [5, 5.41) is 21.0. The summed E-state index contributed by atoms with van der Waals surface area (Å²) in [7, 11) is 0. The maximum absolute atomic E-state index is 12.5. The Balaban J connectivity index is 1.95. The van der Waals surface area contributed by atoms with E-state index in [9.17, 15) is 19.2 Å². The zero-order chi connectivity index (χ0) is 17.3. The number of aromatic nitrogens is 3. The second-order valence-electron chi connectivity index (χ2n) is 5.32. The van der Waals surface area contributed by atoms with Crippen LogP contribution in [-0.4, -0.2) is 38.0 Å². The number of nitrogens with one attached hydrogen (secondary N) is 2. The van der Waals surface area contributed by atoms with E-state index in [0.717, 1.165) is 4.68 Å². The molecule has 0 aliphatic carbocycles. The molecule has 124 valence electrons. The topological polar surface area (TPSA) is 143 Å². The van der Waals surface area contributed by atoms with Crippen molar-refractivity contribution in [3.63, 3.8) is 0 Å². The van der Waals surface area contributed by atoms with Crippen LogP contribution in [0, 0.1) is 0 Å². The molecule has 1 aliphatic heterocycles. The molecule has 24 heavy (non-hydrogen) atoms. The molecule has 3 rings (SSSR count). The van der Waals surface area contributed by atoms with Crippen LogP contribution in [0.15, 0.2) is 23.0 Å². The first-order valence-corrected chi connectivity index (χ1v) is 7.14. The van der Waals surface area contributed by atoms with Gasteiger partial charge in [-0.2, -0.15) is 4.68 Å². The van der Waals surface area contributed by atoms with Crippen molar-refractivity contribution in [2.24, 2.45) is 0 Å². The smallest absolute Gasteiger partial charge is 0.404 e. The molecule has 1 aliphatic rings. The molecule has 2 heterocycles. The number of amides is 3. The highest BCUT2D eigenvalue weighted by Crippen LogP contribution is 2.17. The quantitative estimate of drug-likeness (QED) is 0.645. The summed E-state index contributed by atoms with van der Waals surface area (Å²) in [6.45, 7) is 0.0726. The van der Waals surface area contributed by atoms with Crippen LogP contribution >= 0.6 is 0 Å². The van der Waals surface area contributed by atoms with E-state index in [0.29, 0.717) is 11.1 Å². The van der Waals surface area contributed by atoms with Gasteiger partial charge in [-0.05, 0) is 24.1 Å². The second-order valence-corrected chi connectivity index (χ2v) is 5.32. The lowest BCUT2D eigenvalue weighted by Crippen LogP contribution is -2.45. The van der Waals surface area contributed by atoms with Gasteiger partial charge in [-0.3, -0.25) is 19.7 Å². The maximum Gasteiger partial charge on any atom is 0.404 e. The minimum Gasteiger partial charge on any atom is -0.465 e. The highest BCUT2D eigenvalue weighted by Gasteiger charge is 2.30. The van der Waals surface area contributed by atoms with Gasteiger partial charge in [-0.15, -0.1) is 5.10 Å². The standard InChI is InChI=1S/C14H13N5O5/c20-11-4-3-10(12(21)16-11)19-13(22)8-2-1-7(6-15-14(23)24)5-9(8)17-18-19/h1-2,5,10,15H,3-4,6H2,(H,23,24)(H,16,20,21). The average molecular weight is 331 g/mol. The Morgan fingerprint density at radius 1 is 1.38 bits per heavy atom. The molecular weight excluding hydrogens is 318 g/mol. The summed E-state index contributed by atoms with van der Waals surface area (Å²) in [5.74, 6) is -0.960. The van der Waals surface area contributed by atoms with Gasteiger partial charge >= 0.3 is 6.09 Å². The molecule has 0 bridgehead atoms. The van der Waals surface area contributed by atoms with Crippen molar-refractivity contribution in [2.75, 3.05) is 0 Å². The van der Waals surface area contributed by atoms with Gasteiger partial charge < -0.3 is 10.4 Å². The zero-order valence-electron chi connectivity index (χ0n) is 12.4. The number of carbonyl (C=O) groups is 3. The zero-order valence-corrected chi connectivity index (χ0v) is 12.4. The Morgan fingerprint density at radius 2 is 2.17 bits per heavy atom. The molecule has 1 fully saturated rings. The second kappa shape index (κ2) is 6.07. The van der Waals surface area contributed by atoms with E-state index in [-0.39, 0.29) is 30.7 Å². The molecule has 3 amide bonds. The van der Waals surface area contributed by atoms with Crippen LogP contribution in [0.3, 0.4) is 0 Å². The monoisotopic (exact) mass is 331 g/mol. The van der Waals surface area contributed by atoms with Crippen LogP contribution < -0.4 is 16.2 Å². The number of imide groups is 1. The van der Waals surface area contributed by atoms with Crippen LogP contribution in [0.4, 0.5) is 4.79 Å². The summed E-state index contributed by atoms with van der Waals surface area (Å²) in [6.07, 6.45) is -0.845. The Labute approximate surface area is 134 Å². The minimum atomic E-state index is -1.16. The molecule has 1 aromatic carbocycles. The molecule has 1 atom stereocenters. The van der Waals surface area contributed by atoms with Crippen LogP contribution in [0.5, 0.6) is 0 Å². The fraction of sp³-hybridized carbons (Fsp3) is 0.286. The van der Waals surface area contributed by atoms with Gasteiger partial charge in [0.15, 0.2) is 0 Å². The molecule has 3 N–H and O–H groups in total. The molecule has 0 saturated carbocycles. The number of nitrogens with zero attached hydrogens (tertiary/aromatic N) is 3. The number of carboxylic acid groups (broad SMARTS) is 1. The first kappa shape index (κ1) is 15.6. The first-order chi connectivity index (χ1) is 11.5. The largest absolute Gasteiger partial charge is 0.465 e. The molecule has 2 aromatic rings. The highest BCUT2D eigenvalue weighted by atomic mass is 16.4. The van der Waals surface area contributed by atoms with Crippen molar-refractivity contribution < 1.29 is 19.5 Å². The van der Waals surface area contributed by atoms with Crippen LogP contribution in [0.25, 0.3) is 10.9 Å². The molecule has 10 nitrogen and oxygen atoms in total. The lowest BCUT2D eigenvalue weighted by atomic mass is 10.1. The molecule has 0 spiro atoms. The van der Waals surface area contributed by atoms with Crippen molar-refractivity contribution in [1.29, 1.82) is 0 Å². The van der Waals surface area contributed by atoms with Crippen LogP contribution in [0.2, 0.25) is 0 Å². The Morgan fingerprint density at radius 3 is 2.88 bits per heavy atom. The lowest BCUT2D eigenvalue weighted by molar-refractivity contribution is -0.136. The number of fused-ring (bicyclic) bond motifs is 1. The van der Waals surface area contributed by atoms with Gasteiger partial charge in [-0.25, -0.2) is 4.79 Å². The first-order valence-electron chi connectivity index (χ1n) is 7.14. The van der Waals surface area contributed by atoms with Crippen molar-refractivity contribution in [3.8, 4) is 0 Å². The molecule has 10 heteroatoms. The van der Waals surface area contributed by atoms with Gasteiger partial charge in [-0.1, -0.05) is 11.3 Å². The van der Waals surface area contributed by atoms with Gasteiger partial charge in [0, 0.05) is 13.0 Å². The van der Waals surface area contributed by atoms with Crippen LogP contribution in [-0.2, 0) is 16.1 Å². The van der Waals surface area contributed by atoms with E-state index in [1.165, 1.54) is 6.07 Å². The van der Waals surface area contributed by atoms with Crippen molar-refractivity contribution in [1.82, 2.24) is 25.6 Å². The number of rotatable bonds is 3. The molecule has 1 aromatic heterocycles. The van der Waals surface area contributed by atoms with Crippen molar-refractivity contribution in [3.05, 3.63) is 34.1 Å². The minimum absolute atomic E-state index is 0.0726. The summed E-state index contributed by atoms with van der Waals surface area (Å²) in [5.41, 5.74) is 0.429. The van der Waals surface area contributed by atoms with E-state index in [1.54, 1.807) is 12.1 Å². The van der Waals surface area contributed by atoms with Crippen LogP contribution in [0.1, 0.15) is 24.4 Å². The third-order valence-corrected chi connectivity index (χ3v) is 3.70. The predicted molar refractivity (Wildman–Crippen MR) is 80.1 cm³/mol. The average Bonchev–Trinajstić information content (AvgIpc) is 2.54. The summed E-state index contributed by atoms with van der Waals surface area (Å²) >= 11 is 0. The van der Waals surface area contributed by atoms with Gasteiger partial charge in [0.1, 0.15) is 11.6 Å². The summed E-state index contributed by atoms with van der Waals surface area (Å²) < 4.78 is 0.972. The molecule has 1 saturated heterocycles. The Bertz CT molecular complexity index is 906. The van der Waals surface area contributed by atoms with Gasteiger partial charge in [0.2, 0.25) is 5.91 Å². The number of benzene rings is 1. The van der Waals surface area contributed by atoms with E-state index in [4.69, 9.17) is 5.11 Å². The van der Waals surface area contributed by atoms with E-state index >= 15 is 0 Å². The SMILES string of the molecule is O=C(O)NCc1ccc2c(=O)n(C3CCC(=O)NC3=O)nnc2c1. The molecule has 0 radical (unpaired) electrons. The van der Waals surface area contributed by atoms with E-state index in [2.05, 4.69) is 20.9 Å². The van der Waals surface area contributed by atoms with E-state index < -0.39 is 23.6 Å². The number of carbonyl (C=O) groups excluding carboxylic acids is 2. The van der Waals surface area contributed by atoms with Gasteiger partial charge in [0.05, 0.1) is 5.39 Å². The third-order valence-electron chi connectivity index (χ3n) is 3.70. The summed E-state index contributed by atoms with van der Waals surface area (Å²) in [6, 6.07) is 3.78. The van der Waals surface area contributed by atoms with E-state index in [1.807, 2.05) is 0 Å². The number of piperidine rings is 1. The molecular formula is C14H13N5O5. The summed E-state index contributed by atoms with van der Waals surface area (Å²) in [4.78, 5) is 46.1. The lowest BCUT2D eigenvalue weighted by Gasteiger charge is -2.21. The maximum atomic E-state index is 12.5. The molecule has 1 unspecified atom stereocenters. The van der Waals surface area contributed by atoms with Crippen molar-refractivity contribution in [2.45, 2.75) is 25.4 Å². The fourth-order valence-corrected chi connectivity index (χ4v) is 2.51. The Hall–Kier alpha value is -3.30. The Kier molecular flexibility index (Phi) is 3.94. The predicted octanol–water partition coefficient (Wildman–Crippen LogP) is -0.463. The third kappa shape index (κ3) is 2.93. The normalized spacial score (nSPS) is 17.6. The van der Waals surface area contributed by atoms with Crippen molar-refractivity contribution >= 4 is 28.8 Å².